The van der Waals surface area contributed by atoms with Crippen molar-refractivity contribution in [2.75, 3.05) is 32.8 Å². The van der Waals surface area contributed by atoms with Crippen molar-refractivity contribution >= 4 is 40.8 Å². The van der Waals surface area contributed by atoms with Crippen molar-refractivity contribution in [3.8, 4) is 11.5 Å². The molecule has 2 atom stereocenters. The van der Waals surface area contributed by atoms with Crippen LogP contribution in [0.3, 0.4) is 0 Å². The summed E-state index contributed by atoms with van der Waals surface area (Å²) in [5.74, 6) is 1.12. The van der Waals surface area contributed by atoms with Crippen LogP contribution in [0.4, 0.5) is 0 Å². The van der Waals surface area contributed by atoms with E-state index >= 15 is 0 Å². The van der Waals surface area contributed by atoms with Gasteiger partial charge in [-0.3, -0.25) is 4.79 Å². The summed E-state index contributed by atoms with van der Waals surface area (Å²) in [6, 6.07) is 11.4. The summed E-state index contributed by atoms with van der Waals surface area (Å²) in [7, 11) is 1.67. The van der Waals surface area contributed by atoms with Crippen LogP contribution in [-0.2, 0) is 19.7 Å². The molecule has 5 nitrogen and oxygen atoms in total. The number of methoxy groups -OCH3 is 1. The summed E-state index contributed by atoms with van der Waals surface area (Å²) in [5.41, 5.74) is 1.64. The fourth-order valence-corrected chi connectivity index (χ4v) is 3.89. The van der Waals surface area contributed by atoms with Crippen molar-refractivity contribution in [2.45, 2.75) is 39.2 Å². The lowest BCUT2D eigenvalue weighted by Crippen LogP contribution is -2.25. The zero-order valence-electron chi connectivity index (χ0n) is 19.6. The van der Waals surface area contributed by atoms with E-state index in [-0.39, 0.29) is 23.8 Å². The molecule has 0 heterocycles. The third-order valence-electron chi connectivity index (χ3n) is 5.21. The smallest absolute Gasteiger partial charge is 0.303 e. The molecule has 8 heteroatoms. The van der Waals surface area contributed by atoms with Crippen LogP contribution in [0.25, 0.3) is 0 Å². The van der Waals surface area contributed by atoms with Gasteiger partial charge in [-0.05, 0) is 35.4 Å². The number of alkyl halides is 1. The summed E-state index contributed by atoms with van der Waals surface area (Å²) in [6.45, 7) is 8.83. The van der Waals surface area contributed by atoms with Gasteiger partial charge in [0, 0.05) is 25.4 Å². The molecule has 0 fully saturated rings. The van der Waals surface area contributed by atoms with Gasteiger partial charge in [-0.2, -0.15) is 0 Å². The van der Waals surface area contributed by atoms with E-state index in [1.165, 1.54) is 6.92 Å². The van der Waals surface area contributed by atoms with Crippen LogP contribution >= 0.6 is 34.8 Å². The van der Waals surface area contributed by atoms with Crippen molar-refractivity contribution < 1.29 is 23.7 Å². The minimum atomic E-state index is -0.545. The highest BCUT2D eigenvalue weighted by atomic mass is 35.5. The second-order valence-corrected chi connectivity index (χ2v) is 9.61. The monoisotopic (exact) mass is 516 g/mol. The molecule has 0 aromatic heterocycles. The van der Waals surface area contributed by atoms with Crippen LogP contribution in [0.1, 0.15) is 38.8 Å². The Hall–Kier alpha value is -1.66. The average molecular weight is 518 g/mol. The number of hydrogen-bond donors (Lipinski definition) is 0. The molecule has 0 amide bonds. The lowest BCUT2D eigenvalue weighted by atomic mass is 9.78. The van der Waals surface area contributed by atoms with E-state index in [1.54, 1.807) is 13.2 Å². The Labute approximate surface area is 211 Å². The number of rotatable bonds is 12. The minimum Gasteiger partial charge on any atom is -0.492 e. The van der Waals surface area contributed by atoms with Crippen molar-refractivity contribution in [1.29, 1.82) is 0 Å². The van der Waals surface area contributed by atoms with Gasteiger partial charge in [0.25, 0.3) is 0 Å². The molecule has 2 rings (SSSR count). The van der Waals surface area contributed by atoms with Crippen LogP contribution in [0, 0.1) is 5.92 Å². The molecular formula is C25H31Cl3O5. The molecular weight excluding hydrogens is 487 g/mol. The van der Waals surface area contributed by atoms with Crippen molar-refractivity contribution in [1.82, 2.24) is 0 Å². The Morgan fingerprint density at radius 2 is 1.45 bits per heavy atom. The molecule has 0 saturated carbocycles. The van der Waals surface area contributed by atoms with Gasteiger partial charge in [0.2, 0.25) is 0 Å². The molecule has 0 aliphatic rings. The number of ether oxygens (including phenoxy) is 4. The maximum Gasteiger partial charge on any atom is 0.303 e. The van der Waals surface area contributed by atoms with E-state index < -0.39 is 12.1 Å². The molecule has 2 aromatic carbocycles. The largest absolute Gasteiger partial charge is 0.492 e. The van der Waals surface area contributed by atoms with Gasteiger partial charge in [0.1, 0.15) is 24.2 Å². The van der Waals surface area contributed by atoms with Gasteiger partial charge in [0.05, 0.1) is 29.1 Å². The Morgan fingerprint density at radius 3 is 1.88 bits per heavy atom. The highest BCUT2D eigenvalue weighted by Crippen LogP contribution is 2.38. The van der Waals surface area contributed by atoms with Crippen molar-refractivity contribution in [2.24, 2.45) is 5.92 Å². The van der Waals surface area contributed by atoms with E-state index in [2.05, 4.69) is 20.8 Å². The second-order valence-electron chi connectivity index (χ2n) is 8.48. The van der Waals surface area contributed by atoms with Crippen LogP contribution in [-0.4, -0.2) is 44.9 Å². The first-order chi connectivity index (χ1) is 15.6. The van der Waals surface area contributed by atoms with Gasteiger partial charge in [-0.15, -0.1) is 11.6 Å². The van der Waals surface area contributed by atoms with Crippen LogP contribution in [0.2, 0.25) is 10.0 Å². The quantitative estimate of drug-likeness (QED) is 0.237. The first-order valence-electron chi connectivity index (χ1n) is 10.7. The van der Waals surface area contributed by atoms with E-state index in [0.717, 1.165) is 11.1 Å². The molecule has 33 heavy (non-hydrogen) atoms. The maximum atomic E-state index is 11.1. The molecule has 0 aliphatic heterocycles. The maximum absolute atomic E-state index is 11.1. The Morgan fingerprint density at radius 1 is 0.939 bits per heavy atom. The van der Waals surface area contributed by atoms with E-state index in [0.29, 0.717) is 34.8 Å². The van der Waals surface area contributed by atoms with Crippen molar-refractivity contribution in [3.05, 3.63) is 57.6 Å². The third-order valence-corrected chi connectivity index (χ3v) is 6.15. The Balaban J connectivity index is 2.13. The number of carbonyl (C=O) groups is 1. The lowest BCUT2D eigenvalue weighted by Gasteiger charge is -2.27. The molecule has 0 saturated heterocycles. The third kappa shape index (κ3) is 7.96. The average Bonchev–Trinajstić information content (AvgIpc) is 2.76. The predicted molar refractivity (Wildman–Crippen MR) is 133 cm³/mol. The normalized spacial score (nSPS) is 13.3. The summed E-state index contributed by atoms with van der Waals surface area (Å²) in [4.78, 5) is 11.1. The number of hydrogen-bond acceptors (Lipinski definition) is 5. The molecule has 2 aromatic rings. The standard InChI is InChI=1S/C25H31Cl3O5/c1-16(13-30-5)14-31-23-8-6-18(10-21(23)27)25(3,4)19-7-9-24(22(28)11-19)32-15-20(12-26)33-17(2)29/h6-11,16,20H,12-15H2,1-5H3/t16-,20+/m1/s1. The van der Waals surface area contributed by atoms with Crippen LogP contribution in [0.15, 0.2) is 36.4 Å². The fourth-order valence-electron chi connectivity index (χ4n) is 3.27. The van der Waals surface area contributed by atoms with Gasteiger partial charge in [-0.25, -0.2) is 0 Å². The molecule has 0 N–H and O–H groups in total. The van der Waals surface area contributed by atoms with Gasteiger partial charge in [0.15, 0.2) is 0 Å². The first kappa shape index (κ1) is 27.6. The topological polar surface area (TPSA) is 54.0 Å². The van der Waals surface area contributed by atoms with Crippen LogP contribution < -0.4 is 9.47 Å². The summed E-state index contributed by atoms with van der Waals surface area (Å²) in [6.07, 6.45) is -0.545. The van der Waals surface area contributed by atoms with Gasteiger partial charge < -0.3 is 18.9 Å². The summed E-state index contributed by atoms with van der Waals surface area (Å²) >= 11 is 18.8. The van der Waals surface area contributed by atoms with Gasteiger partial charge in [-0.1, -0.05) is 56.1 Å². The van der Waals surface area contributed by atoms with E-state index in [4.69, 9.17) is 53.8 Å². The zero-order chi connectivity index (χ0) is 24.6. The molecule has 182 valence electrons. The van der Waals surface area contributed by atoms with E-state index in [1.807, 2.05) is 30.3 Å². The highest BCUT2D eigenvalue weighted by molar-refractivity contribution is 6.32. The fraction of sp³-hybridized carbons (Fsp3) is 0.480. The minimum absolute atomic E-state index is 0.117. The molecule has 0 unspecified atom stereocenters. The summed E-state index contributed by atoms with van der Waals surface area (Å²) in [5, 5.41) is 1.00. The van der Waals surface area contributed by atoms with Crippen LogP contribution in [0.5, 0.6) is 11.5 Å². The van der Waals surface area contributed by atoms with Gasteiger partial charge >= 0.3 is 5.97 Å². The number of halogens is 3. The molecule has 0 spiro atoms. The first-order valence-corrected chi connectivity index (χ1v) is 11.9. The highest BCUT2D eigenvalue weighted by Gasteiger charge is 2.25. The lowest BCUT2D eigenvalue weighted by molar-refractivity contribution is -0.146. The summed E-state index contributed by atoms with van der Waals surface area (Å²) < 4.78 is 21.8. The Bertz CT molecular complexity index is 932. The SMILES string of the molecule is COC[C@@H](C)COc1ccc(C(C)(C)c2ccc(OC[C@H](CCl)OC(C)=O)c(Cl)c2)cc1Cl. The van der Waals surface area contributed by atoms with E-state index in [9.17, 15) is 4.79 Å². The number of carbonyl (C=O) groups excluding carboxylic acids is 1. The molecule has 0 bridgehead atoms. The predicted octanol–water partition coefficient (Wildman–Crippen LogP) is 6.53. The number of esters is 1. The Kier molecular flexibility index (Phi) is 10.6. The second kappa shape index (κ2) is 12.7. The molecule has 0 radical (unpaired) electrons. The molecule has 0 aliphatic carbocycles. The zero-order valence-corrected chi connectivity index (χ0v) is 21.9. The van der Waals surface area contributed by atoms with Crippen molar-refractivity contribution in [3.63, 3.8) is 0 Å². The number of benzene rings is 2.